The summed E-state index contributed by atoms with van der Waals surface area (Å²) < 4.78 is 11.2. The zero-order valence-corrected chi connectivity index (χ0v) is 15.2. The standard InChI is InChI=1S/C20H31NO3/c1-5-7-17-10-11-19(20(12-17)23-4)24-14-18(22)13-21-15(2)8-6-9-16(21)3/h5,10-12,15-16,18,22H,1,6-9,13-14H2,2-4H3/t15-,16-,18-/m0/s1. The van der Waals surface area contributed by atoms with Crippen LogP contribution in [0.25, 0.3) is 0 Å². The predicted octanol–water partition coefficient (Wildman–Crippen LogP) is 3.43. The maximum atomic E-state index is 10.4. The van der Waals surface area contributed by atoms with Crippen LogP contribution in [0.1, 0.15) is 38.7 Å². The molecule has 1 aromatic rings. The number of rotatable bonds is 8. The van der Waals surface area contributed by atoms with Crippen LogP contribution in [0.15, 0.2) is 30.9 Å². The Morgan fingerprint density at radius 1 is 1.29 bits per heavy atom. The lowest BCUT2D eigenvalue weighted by atomic mass is 9.97. The Hall–Kier alpha value is -1.52. The van der Waals surface area contributed by atoms with Crippen LogP contribution in [0, 0.1) is 0 Å². The highest BCUT2D eigenvalue weighted by atomic mass is 16.5. The monoisotopic (exact) mass is 333 g/mol. The second-order valence-electron chi connectivity index (χ2n) is 6.77. The Morgan fingerprint density at radius 2 is 2.00 bits per heavy atom. The van der Waals surface area contributed by atoms with Crippen LogP contribution >= 0.6 is 0 Å². The Kier molecular flexibility index (Phi) is 7.13. The number of piperidine rings is 1. The van der Waals surface area contributed by atoms with E-state index in [9.17, 15) is 5.11 Å². The largest absolute Gasteiger partial charge is 0.493 e. The van der Waals surface area contributed by atoms with Gasteiger partial charge >= 0.3 is 0 Å². The zero-order chi connectivity index (χ0) is 17.5. The number of ether oxygens (including phenoxy) is 2. The summed E-state index contributed by atoms with van der Waals surface area (Å²) in [5.74, 6) is 1.37. The van der Waals surface area contributed by atoms with Gasteiger partial charge < -0.3 is 14.6 Å². The molecule has 0 aromatic heterocycles. The van der Waals surface area contributed by atoms with Gasteiger partial charge in [-0.3, -0.25) is 4.90 Å². The number of likely N-dealkylation sites (tertiary alicyclic amines) is 1. The van der Waals surface area contributed by atoms with Crippen LogP contribution in [0.5, 0.6) is 11.5 Å². The van der Waals surface area contributed by atoms with Gasteiger partial charge in [-0.2, -0.15) is 0 Å². The number of hydrogen-bond acceptors (Lipinski definition) is 4. The second-order valence-corrected chi connectivity index (χ2v) is 6.77. The van der Waals surface area contributed by atoms with Crippen molar-refractivity contribution in [3.05, 3.63) is 36.4 Å². The molecule has 1 fully saturated rings. The molecule has 24 heavy (non-hydrogen) atoms. The number of methoxy groups -OCH3 is 1. The number of benzene rings is 1. The van der Waals surface area contributed by atoms with Gasteiger partial charge in [0.25, 0.3) is 0 Å². The van der Waals surface area contributed by atoms with E-state index in [2.05, 4.69) is 25.3 Å². The highest BCUT2D eigenvalue weighted by Gasteiger charge is 2.26. The smallest absolute Gasteiger partial charge is 0.161 e. The molecule has 4 heteroatoms. The van der Waals surface area contributed by atoms with E-state index in [0.717, 1.165) is 12.0 Å². The van der Waals surface area contributed by atoms with Crippen molar-refractivity contribution in [2.75, 3.05) is 20.3 Å². The summed E-state index contributed by atoms with van der Waals surface area (Å²) in [5.41, 5.74) is 1.13. The maximum Gasteiger partial charge on any atom is 0.161 e. The van der Waals surface area contributed by atoms with Crippen molar-refractivity contribution in [3.8, 4) is 11.5 Å². The van der Waals surface area contributed by atoms with Crippen LogP contribution in [0.2, 0.25) is 0 Å². The fourth-order valence-electron chi connectivity index (χ4n) is 3.44. The Labute approximate surface area is 146 Å². The zero-order valence-electron chi connectivity index (χ0n) is 15.2. The average Bonchev–Trinajstić information content (AvgIpc) is 2.57. The molecular weight excluding hydrogens is 302 g/mol. The molecule has 1 aromatic carbocycles. The van der Waals surface area contributed by atoms with Crippen LogP contribution in [-0.4, -0.2) is 48.5 Å². The van der Waals surface area contributed by atoms with Gasteiger partial charge in [-0.05, 0) is 50.8 Å². The van der Waals surface area contributed by atoms with E-state index in [-0.39, 0.29) is 6.61 Å². The van der Waals surface area contributed by atoms with Crippen molar-refractivity contribution in [1.29, 1.82) is 0 Å². The van der Waals surface area contributed by atoms with Gasteiger partial charge in [0.15, 0.2) is 11.5 Å². The molecule has 0 aliphatic carbocycles. The van der Waals surface area contributed by atoms with Gasteiger partial charge in [-0.15, -0.1) is 6.58 Å². The topological polar surface area (TPSA) is 41.9 Å². The lowest BCUT2D eigenvalue weighted by Gasteiger charge is -2.40. The van der Waals surface area contributed by atoms with Gasteiger partial charge in [0.05, 0.1) is 7.11 Å². The van der Waals surface area contributed by atoms with E-state index in [4.69, 9.17) is 9.47 Å². The van der Waals surface area contributed by atoms with Crippen molar-refractivity contribution in [1.82, 2.24) is 4.90 Å². The first-order chi connectivity index (χ1) is 11.5. The van der Waals surface area contributed by atoms with E-state index >= 15 is 0 Å². The number of aliphatic hydroxyl groups excluding tert-OH is 1. The summed E-state index contributed by atoms with van der Waals surface area (Å²) in [6, 6.07) is 6.90. The molecule has 2 rings (SSSR count). The number of hydrogen-bond donors (Lipinski definition) is 1. The molecule has 1 saturated heterocycles. The van der Waals surface area contributed by atoms with Crippen LogP contribution < -0.4 is 9.47 Å². The van der Waals surface area contributed by atoms with E-state index in [1.54, 1.807) is 7.11 Å². The summed E-state index contributed by atoms with van der Waals surface area (Å²) >= 11 is 0. The van der Waals surface area contributed by atoms with Crippen molar-refractivity contribution in [2.45, 2.75) is 57.7 Å². The minimum Gasteiger partial charge on any atom is -0.493 e. The van der Waals surface area contributed by atoms with Crippen LogP contribution in [-0.2, 0) is 6.42 Å². The average molecular weight is 333 g/mol. The highest BCUT2D eigenvalue weighted by Crippen LogP contribution is 2.29. The third-order valence-electron chi connectivity index (χ3n) is 4.84. The number of β-amino-alcohol motifs (C(OH)–C–C–N with tert-alkyl or cyclic N) is 1. The first-order valence-electron chi connectivity index (χ1n) is 8.89. The molecule has 1 heterocycles. The van der Waals surface area contributed by atoms with E-state index in [1.165, 1.54) is 19.3 Å². The normalized spacial score (nSPS) is 22.8. The molecule has 1 aliphatic rings. The first kappa shape index (κ1) is 18.8. The van der Waals surface area contributed by atoms with Gasteiger partial charge in [-0.1, -0.05) is 18.6 Å². The summed E-state index contributed by atoms with van der Waals surface area (Å²) in [5, 5.41) is 10.4. The number of aliphatic hydroxyl groups is 1. The van der Waals surface area contributed by atoms with Gasteiger partial charge in [-0.25, -0.2) is 0 Å². The minimum absolute atomic E-state index is 0.271. The molecule has 0 bridgehead atoms. The molecule has 0 spiro atoms. The quantitative estimate of drug-likeness (QED) is 0.740. The maximum absolute atomic E-state index is 10.4. The molecule has 0 radical (unpaired) electrons. The molecular formula is C20H31NO3. The van der Waals surface area contributed by atoms with Gasteiger partial charge in [0.2, 0.25) is 0 Å². The summed E-state index contributed by atoms with van der Waals surface area (Å²) in [6.07, 6.45) is 5.84. The van der Waals surface area contributed by atoms with Crippen LogP contribution in [0.4, 0.5) is 0 Å². The summed E-state index contributed by atoms with van der Waals surface area (Å²) in [6.45, 7) is 9.16. The molecule has 0 saturated carbocycles. The third kappa shape index (κ3) is 4.99. The highest BCUT2D eigenvalue weighted by molar-refractivity contribution is 5.43. The molecule has 1 aliphatic heterocycles. The minimum atomic E-state index is -0.509. The SMILES string of the molecule is C=CCc1ccc(OC[C@@H](O)CN2[C@@H](C)CCC[C@@H]2C)c(OC)c1. The van der Waals surface area contributed by atoms with Crippen molar-refractivity contribution < 1.29 is 14.6 Å². The Balaban J connectivity index is 1.91. The van der Waals surface area contributed by atoms with Crippen molar-refractivity contribution in [2.24, 2.45) is 0 Å². The molecule has 1 N–H and O–H groups in total. The van der Waals surface area contributed by atoms with Gasteiger partial charge in [0.1, 0.15) is 12.7 Å². The third-order valence-corrected chi connectivity index (χ3v) is 4.84. The van der Waals surface area contributed by atoms with E-state index < -0.39 is 6.10 Å². The predicted molar refractivity (Wildman–Crippen MR) is 97.9 cm³/mol. The fraction of sp³-hybridized carbons (Fsp3) is 0.600. The lowest BCUT2D eigenvalue weighted by molar-refractivity contribution is 0.0204. The number of nitrogens with zero attached hydrogens (tertiary/aromatic N) is 1. The lowest BCUT2D eigenvalue weighted by Crippen LogP contribution is -2.48. The summed E-state index contributed by atoms with van der Waals surface area (Å²) in [4.78, 5) is 2.39. The molecule has 0 amide bonds. The second kappa shape index (κ2) is 9.09. The van der Waals surface area contributed by atoms with Crippen LogP contribution in [0.3, 0.4) is 0 Å². The Morgan fingerprint density at radius 3 is 2.62 bits per heavy atom. The number of allylic oxidation sites excluding steroid dienone is 1. The van der Waals surface area contributed by atoms with Crippen molar-refractivity contribution in [3.63, 3.8) is 0 Å². The Bertz CT molecular complexity index is 522. The summed E-state index contributed by atoms with van der Waals surface area (Å²) in [7, 11) is 1.63. The molecule has 3 atom stereocenters. The van der Waals surface area contributed by atoms with E-state index in [0.29, 0.717) is 30.1 Å². The fourth-order valence-corrected chi connectivity index (χ4v) is 3.44. The van der Waals surface area contributed by atoms with Gasteiger partial charge in [0, 0.05) is 18.6 Å². The molecule has 134 valence electrons. The molecule has 4 nitrogen and oxygen atoms in total. The molecule has 0 unspecified atom stereocenters. The first-order valence-corrected chi connectivity index (χ1v) is 8.89. The van der Waals surface area contributed by atoms with E-state index in [1.807, 2.05) is 24.3 Å². The van der Waals surface area contributed by atoms with Crippen molar-refractivity contribution >= 4 is 0 Å².